The molecule has 2 atom stereocenters. The van der Waals surface area contributed by atoms with Crippen LogP contribution in [0.5, 0.6) is 0 Å². The van der Waals surface area contributed by atoms with Gasteiger partial charge in [-0.25, -0.2) is 8.42 Å². The first kappa shape index (κ1) is 32.7. The average Bonchev–Trinajstić information content (AvgIpc) is 2.64. The molecule has 0 radical (unpaired) electrons. The third kappa shape index (κ3) is 22.5. The third-order valence-corrected chi connectivity index (χ3v) is 7.20. The molecule has 0 bridgehead atoms. The van der Waals surface area contributed by atoms with Crippen molar-refractivity contribution in [2.24, 2.45) is 0 Å². The van der Waals surface area contributed by atoms with E-state index in [0.717, 1.165) is 19.3 Å². The molecule has 1 N–H and O–H groups in total. The van der Waals surface area contributed by atoms with Crippen LogP contribution in [0.4, 0.5) is 0 Å². The van der Waals surface area contributed by atoms with Crippen LogP contribution in [0.1, 0.15) is 136 Å². The van der Waals surface area contributed by atoms with Crippen LogP contribution in [0.2, 0.25) is 0 Å². The summed E-state index contributed by atoms with van der Waals surface area (Å²) in [6.07, 6.45) is 20.9. The largest absolute Gasteiger partial charge is 1.00 e. The maximum absolute atomic E-state index is 11.0. The second kappa shape index (κ2) is 22.7. The van der Waals surface area contributed by atoms with E-state index in [2.05, 4.69) is 6.92 Å². The Balaban J connectivity index is 0. The standard InChI is InChI=1S/C23H48O4S.K/c1-3-5-6-7-8-9-10-11-12-13-14-15-16-19-22(24)20-17-18-21-23(4-2)28(25,26)27;/h22-24H,3-21H2,1-2H3,(H,25,26,27);/q;+1/p-1. The van der Waals surface area contributed by atoms with Crippen molar-refractivity contribution < 1.29 is 69.5 Å². The maximum atomic E-state index is 11.0. The van der Waals surface area contributed by atoms with Gasteiger partial charge in [0.25, 0.3) is 0 Å². The number of rotatable bonds is 21. The molecule has 0 amide bonds. The summed E-state index contributed by atoms with van der Waals surface area (Å²) in [6, 6.07) is 0. The van der Waals surface area contributed by atoms with E-state index >= 15 is 0 Å². The fraction of sp³-hybridized carbons (Fsp3) is 1.00. The van der Waals surface area contributed by atoms with Gasteiger partial charge in [-0.1, -0.05) is 110 Å². The first-order chi connectivity index (χ1) is 13.4. The Morgan fingerprint density at radius 3 is 1.38 bits per heavy atom. The van der Waals surface area contributed by atoms with Crippen molar-refractivity contribution in [3.8, 4) is 0 Å². The van der Waals surface area contributed by atoms with Crippen molar-refractivity contribution in [1.29, 1.82) is 0 Å². The minimum Gasteiger partial charge on any atom is -0.748 e. The quantitative estimate of drug-likeness (QED) is 0.162. The molecular formula is C23H47KO4S. The van der Waals surface area contributed by atoms with Gasteiger partial charge in [0.2, 0.25) is 0 Å². The Labute approximate surface area is 224 Å². The third-order valence-electron chi connectivity index (χ3n) is 5.82. The zero-order valence-corrected chi connectivity index (χ0v) is 23.6. The molecule has 0 aliphatic rings. The first-order valence-corrected chi connectivity index (χ1v) is 13.5. The van der Waals surface area contributed by atoms with Crippen molar-refractivity contribution >= 4 is 10.1 Å². The molecule has 0 aromatic carbocycles. The summed E-state index contributed by atoms with van der Waals surface area (Å²) in [5, 5.41) is 9.27. The van der Waals surface area contributed by atoms with Crippen LogP contribution in [0.15, 0.2) is 0 Å². The summed E-state index contributed by atoms with van der Waals surface area (Å²) in [5.41, 5.74) is 0. The number of aliphatic hydroxyl groups is 1. The summed E-state index contributed by atoms with van der Waals surface area (Å²) in [6.45, 7) is 4.00. The second-order valence-corrected chi connectivity index (χ2v) is 10.1. The van der Waals surface area contributed by atoms with Crippen LogP contribution in [0, 0.1) is 0 Å². The average molecular weight is 459 g/mol. The zero-order valence-electron chi connectivity index (χ0n) is 19.7. The first-order valence-electron chi connectivity index (χ1n) is 12.0. The van der Waals surface area contributed by atoms with E-state index in [1.807, 2.05) is 0 Å². The van der Waals surface area contributed by atoms with Gasteiger partial charge in [0.05, 0.1) is 16.2 Å². The molecule has 0 saturated heterocycles. The summed E-state index contributed by atoms with van der Waals surface area (Å²) < 4.78 is 33.1. The molecule has 0 aromatic heterocycles. The molecule has 6 heteroatoms. The summed E-state index contributed by atoms with van der Waals surface area (Å²) in [4.78, 5) is 0. The fourth-order valence-corrected chi connectivity index (χ4v) is 4.71. The Morgan fingerprint density at radius 1 is 0.655 bits per heavy atom. The maximum Gasteiger partial charge on any atom is 1.00 e. The predicted octanol–water partition coefficient (Wildman–Crippen LogP) is 3.72. The Hall–Kier alpha value is 1.51. The summed E-state index contributed by atoms with van der Waals surface area (Å²) in [5.74, 6) is 0. The van der Waals surface area contributed by atoms with Crippen molar-refractivity contribution in [3.05, 3.63) is 0 Å². The van der Waals surface area contributed by atoms with Gasteiger partial charge in [0.15, 0.2) is 0 Å². The molecule has 0 heterocycles. The van der Waals surface area contributed by atoms with Gasteiger partial charge in [0, 0.05) is 5.25 Å². The van der Waals surface area contributed by atoms with Crippen LogP contribution in [-0.4, -0.2) is 29.4 Å². The van der Waals surface area contributed by atoms with Gasteiger partial charge >= 0.3 is 51.4 Å². The molecule has 0 rings (SSSR count). The van der Waals surface area contributed by atoms with Crippen LogP contribution in [0.25, 0.3) is 0 Å². The van der Waals surface area contributed by atoms with Crippen molar-refractivity contribution in [2.45, 2.75) is 147 Å². The molecule has 0 saturated carbocycles. The molecule has 4 nitrogen and oxygen atoms in total. The second-order valence-electron chi connectivity index (χ2n) is 8.49. The molecule has 2 unspecified atom stereocenters. The summed E-state index contributed by atoms with van der Waals surface area (Å²) >= 11 is 0. The topological polar surface area (TPSA) is 77.4 Å². The monoisotopic (exact) mass is 458 g/mol. The number of aliphatic hydroxyl groups excluding tert-OH is 1. The summed E-state index contributed by atoms with van der Waals surface area (Å²) in [7, 11) is -4.16. The van der Waals surface area contributed by atoms with Crippen molar-refractivity contribution in [1.82, 2.24) is 0 Å². The molecule has 0 fully saturated rings. The number of unbranched alkanes of at least 4 members (excludes halogenated alkanes) is 13. The van der Waals surface area contributed by atoms with Gasteiger partial charge in [-0.3, -0.25) is 0 Å². The van der Waals surface area contributed by atoms with Gasteiger partial charge < -0.3 is 9.66 Å². The van der Waals surface area contributed by atoms with Gasteiger partial charge in [-0.05, 0) is 25.7 Å². The van der Waals surface area contributed by atoms with Crippen LogP contribution in [-0.2, 0) is 10.1 Å². The van der Waals surface area contributed by atoms with E-state index in [9.17, 15) is 18.1 Å². The van der Waals surface area contributed by atoms with Gasteiger partial charge in [-0.2, -0.15) is 0 Å². The molecule has 0 aliphatic carbocycles. The SMILES string of the molecule is CCCCCCCCCCCCCCCC(O)CCCCC(CC)S(=O)(=O)[O-].[K+]. The molecule has 29 heavy (non-hydrogen) atoms. The fourth-order valence-electron chi connectivity index (χ4n) is 3.85. The van der Waals surface area contributed by atoms with E-state index in [0.29, 0.717) is 25.7 Å². The molecule has 0 aromatic rings. The van der Waals surface area contributed by atoms with Gasteiger partial charge in [0.1, 0.15) is 0 Å². The predicted molar refractivity (Wildman–Crippen MR) is 119 cm³/mol. The van der Waals surface area contributed by atoms with E-state index in [-0.39, 0.29) is 57.5 Å². The number of hydrogen-bond acceptors (Lipinski definition) is 4. The minimum absolute atomic E-state index is 0. The van der Waals surface area contributed by atoms with Crippen molar-refractivity contribution in [3.63, 3.8) is 0 Å². The normalized spacial score (nSPS) is 13.8. The molecule has 0 spiro atoms. The van der Waals surface area contributed by atoms with Crippen molar-refractivity contribution in [2.75, 3.05) is 0 Å². The van der Waals surface area contributed by atoms with E-state index < -0.39 is 15.4 Å². The Morgan fingerprint density at radius 2 is 1.00 bits per heavy atom. The molecular weight excluding hydrogens is 411 g/mol. The zero-order chi connectivity index (χ0) is 21.1. The molecule has 170 valence electrons. The van der Waals surface area contributed by atoms with Gasteiger partial charge in [-0.15, -0.1) is 0 Å². The number of hydrogen-bond donors (Lipinski definition) is 1. The van der Waals surface area contributed by atoms with E-state index in [1.165, 1.54) is 77.0 Å². The van der Waals surface area contributed by atoms with Crippen LogP contribution < -0.4 is 51.4 Å². The van der Waals surface area contributed by atoms with Crippen LogP contribution >= 0.6 is 0 Å². The molecule has 0 aliphatic heterocycles. The van der Waals surface area contributed by atoms with E-state index in [1.54, 1.807) is 6.92 Å². The van der Waals surface area contributed by atoms with E-state index in [4.69, 9.17) is 0 Å². The smallest absolute Gasteiger partial charge is 0.748 e. The minimum atomic E-state index is -4.16. The van der Waals surface area contributed by atoms with Crippen LogP contribution in [0.3, 0.4) is 0 Å². The Bertz CT molecular complexity index is 429. The Kier molecular flexibility index (Phi) is 25.6.